The van der Waals surface area contributed by atoms with Crippen molar-refractivity contribution in [3.8, 4) is 5.75 Å². The number of benzene rings is 1. The Bertz CT molecular complexity index is 447. The Kier molecular flexibility index (Phi) is 6.80. The van der Waals surface area contributed by atoms with Gasteiger partial charge in [-0.15, -0.1) is 0 Å². The molecule has 0 heterocycles. The molecule has 4 heteroatoms. The van der Waals surface area contributed by atoms with Crippen molar-refractivity contribution < 1.29 is 9.84 Å². The molecular weight excluding hydrogens is 274 g/mol. The molecule has 0 saturated carbocycles. The number of halogens is 1. The smallest absolute Gasteiger partial charge is 0.127 e. The van der Waals surface area contributed by atoms with E-state index in [4.69, 9.17) is 16.3 Å². The SMILES string of the molecule is CCCOc1c(C)cc(Cl)c(C)c1C(CCO)N(C)C. The van der Waals surface area contributed by atoms with Gasteiger partial charge in [0.2, 0.25) is 0 Å². The normalized spacial score (nSPS) is 12.8. The van der Waals surface area contributed by atoms with Crippen LogP contribution in [0.4, 0.5) is 0 Å². The van der Waals surface area contributed by atoms with Crippen LogP contribution in [0.1, 0.15) is 42.5 Å². The zero-order valence-corrected chi connectivity index (χ0v) is 13.9. The van der Waals surface area contributed by atoms with Gasteiger partial charge in [-0.25, -0.2) is 0 Å². The third kappa shape index (κ3) is 3.87. The second kappa shape index (κ2) is 7.87. The molecule has 0 saturated heterocycles. The van der Waals surface area contributed by atoms with Gasteiger partial charge in [0.05, 0.1) is 6.61 Å². The minimum atomic E-state index is 0.101. The average Bonchev–Trinajstić information content (AvgIpc) is 2.39. The lowest BCUT2D eigenvalue weighted by molar-refractivity contribution is 0.204. The van der Waals surface area contributed by atoms with Crippen LogP contribution in [0.2, 0.25) is 5.02 Å². The molecule has 0 bridgehead atoms. The monoisotopic (exact) mass is 299 g/mol. The Labute approximate surface area is 127 Å². The molecule has 20 heavy (non-hydrogen) atoms. The molecule has 1 rings (SSSR count). The minimum absolute atomic E-state index is 0.101. The number of nitrogens with zero attached hydrogens (tertiary/aromatic N) is 1. The molecule has 114 valence electrons. The number of aryl methyl sites for hydroxylation is 1. The molecule has 1 aromatic rings. The molecule has 0 fully saturated rings. The number of rotatable bonds is 7. The van der Waals surface area contributed by atoms with E-state index in [9.17, 15) is 5.11 Å². The van der Waals surface area contributed by atoms with Crippen LogP contribution in [0.5, 0.6) is 5.75 Å². The van der Waals surface area contributed by atoms with Crippen LogP contribution >= 0.6 is 11.6 Å². The quantitative estimate of drug-likeness (QED) is 0.832. The van der Waals surface area contributed by atoms with Crippen LogP contribution in [-0.2, 0) is 0 Å². The summed E-state index contributed by atoms with van der Waals surface area (Å²) >= 11 is 6.34. The maximum atomic E-state index is 9.34. The van der Waals surface area contributed by atoms with E-state index in [-0.39, 0.29) is 12.6 Å². The number of aliphatic hydroxyl groups is 1. The van der Waals surface area contributed by atoms with Gasteiger partial charge in [0.25, 0.3) is 0 Å². The fourth-order valence-electron chi connectivity index (χ4n) is 2.46. The molecule has 1 unspecified atom stereocenters. The zero-order chi connectivity index (χ0) is 15.3. The van der Waals surface area contributed by atoms with Crippen molar-refractivity contribution in [2.45, 2.75) is 39.7 Å². The van der Waals surface area contributed by atoms with Crippen LogP contribution in [0, 0.1) is 13.8 Å². The van der Waals surface area contributed by atoms with Crippen LogP contribution in [-0.4, -0.2) is 37.3 Å². The molecule has 1 aromatic carbocycles. The van der Waals surface area contributed by atoms with Crippen molar-refractivity contribution in [1.82, 2.24) is 4.90 Å². The molecule has 0 radical (unpaired) electrons. The second-order valence-corrected chi connectivity index (χ2v) is 5.79. The highest BCUT2D eigenvalue weighted by Crippen LogP contribution is 2.39. The topological polar surface area (TPSA) is 32.7 Å². The molecular formula is C16H26ClNO2. The predicted molar refractivity (Wildman–Crippen MR) is 84.8 cm³/mol. The van der Waals surface area contributed by atoms with E-state index in [0.717, 1.165) is 33.9 Å². The summed E-state index contributed by atoms with van der Waals surface area (Å²) < 4.78 is 5.96. The maximum absolute atomic E-state index is 9.34. The van der Waals surface area contributed by atoms with E-state index in [0.29, 0.717) is 13.0 Å². The summed E-state index contributed by atoms with van der Waals surface area (Å²) in [5, 5.41) is 10.1. The van der Waals surface area contributed by atoms with Gasteiger partial charge in [-0.05, 0) is 58.0 Å². The van der Waals surface area contributed by atoms with Crippen molar-refractivity contribution in [2.24, 2.45) is 0 Å². The Morgan fingerprint density at radius 1 is 1.35 bits per heavy atom. The molecule has 0 aliphatic rings. The Balaban J connectivity index is 3.38. The summed E-state index contributed by atoms with van der Waals surface area (Å²) in [5.74, 6) is 0.918. The van der Waals surface area contributed by atoms with E-state index in [2.05, 4.69) is 11.8 Å². The Morgan fingerprint density at radius 3 is 2.50 bits per heavy atom. The van der Waals surface area contributed by atoms with Crippen molar-refractivity contribution in [2.75, 3.05) is 27.3 Å². The van der Waals surface area contributed by atoms with E-state index in [1.165, 1.54) is 0 Å². The van der Waals surface area contributed by atoms with Gasteiger partial charge in [-0.3, -0.25) is 0 Å². The van der Waals surface area contributed by atoms with Gasteiger partial charge >= 0.3 is 0 Å². The summed E-state index contributed by atoms with van der Waals surface area (Å²) in [6.07, 6.45) is 1.63. The fraction of sp³-hybridized carbons (Fsp3) is 0.625. The van der Waals surface area contributed by atoms with Crippen LogP contribution in [0.15, 0.2) is 6.07 Å². The summed E-state index contributed by atoms with van der Waals surface area (Å²) in [5.41, 5.74) is 3.19. The summed E-state index contributed by atoms with van der Waals surface area (Å²) in [4.78, 5) is 2.10. The minimum Gasteiger partial charge on any atom is -0.493 e. The first kappa shape index (κ1) is 17.3. The van der Waals surface area contributed by atoms with Gasteiger partial charge in [0.1, 0.15) is 5.75 Å². The van der Waals surface area contributed by atoms with Crippen LogP contribution in [0.3, 0.4) is 0 Å². The third-order valence-electron chi connectivity index (χ3n) is 3.52. The molecule has 0 spiro atoms. The molecule has 3 nitrogen and oxygen atoms in total. The molecule has 0 aromatic heterocycles. The van der Waals surface area contributed by atoms with Crippen LogP contribution < -0.4 is 4.74 Å². The van der Waals surface area contributed by atoms with Gasteiger partial charge < -0.3 is 14.7 Å². The molecule has 0 amide bonds. The van der Waals surface area contributed by atoms with Gasteiger partial charge in [0.15, 0.2) is 0 Å². The lowest BCUT2D eigenvalue weighted by atomic mass is 9.94. The lowest BCUT2D eigenvalue weighted by Gasteiger charge is -2.29. The van der Waals surface area contributed by atoms with Gasteiger partial charge in [0, 0.05) is 23.2 Å². The molecule has 1 N–H and O–H groups in total. The molecule has 1 atom stereocenters. The highest BCUT2D eigenvalue weighted by molar-refractivity contribution is 6.31. The van der Waals surface area contributed by atoms with E-state index < -0.39 is 0 Å². The second-order valence-electron chi connectivity index (χ2n) is 5.38. The number of hydrogen-bond acceptors (Lipinski definition) is 3. The van der Waals surface area contributed by atoms with Crippen molar-refractivity contribution in [3.63, 3.8) is 0 Å². The fourth-order valence-corrected chi connectivity index (χ4v) is 2.72. The zero-order valence-electron chi connectivity index (χ0n) is 13.2. The maximum Gasteiger partial charge on any atom is 0.127 e. The number of ether oxygens (including phenoxy) is 1. The first-order valence-electron chi connectivity index (χ1n) is 7.13. The largest absolute Gasteiger partial charge is 0.493 e. The van der Waals surface area contributed by atoms with Crippen molar-refractivity contribution >= 4 is 11.6 Å². The summed E-state index contributed by atoms with van der Waals surface area (Å²) in [7, 11) is 4.03. The Hall–Kier alpha value is -0.770. The standard InChI is InChI=1S/C16H26ClNO2/c1-6-9-20-16-11(2)10-13(17)12(3)15(16)14(7-8-19)18(4)5/h10,14,19H,6-9H2,1-5H3. The van der Waals surface area contributed by atoms with E-state index >= 15 is 0 Å². The predicted octanol–water partition coefficient (Wildman–Crippen LogP) is 3.73. The highest BCUT2D eigenvalue weighted by atomic mass is 35.5. The Morgan fingerprint density at radius 2 is 2.00 bits per heavy atom. The lowest BCUT2D eigenvalue weighted by Crippen LogP contribution is -2.23. The van der Waals surface area contributed by atoms with Crippen LogP contribution in [0.25, 0.3) is 0 Å². The number of aliphatic hydroxyl groups excluding tert-OH is 1. The molecule has 0 aliphatic heterocycles. The average molecular weight is 300 g/mol. The first-order chi connectivity index (χ1) is 9.43. The number of hydrogen-bond donors (Lipinski definition) is 1. The van der Waals surface area contributed by atoms with Crippen molar-refractivity contribution in [3.05, 3.63) is 27.8 Å². The summed E-state index contributed by atoms with van der Waals surface area (Å²) in [6.45, 7) is 6.96. The molecule has 0 aliphatic carbocycles. The van der Waals surface area contributed by atoms with E-state index in [1.807, 2.05) is 34.0 Å². The van der Waals surface area contributed by atoms with Gasteiger partial charge in [-0.1, -0.05) is 18.5 Å². The third-order valence-corrected chi connectivity index (χ3v) is 3.91. The highest BCUT2D eigenvalue weighted by Gasteiger charge is 2.23. The van der Waals surface area contributed by atoms with Gasteiger partial charge in [-0.2, -0.15) is 0 Å². The summed E-state index contributed by atoms with van der Waals surface area (Å²) in [6, 6.07) is 2.06. The first-order valence-corrected chi connectivity index (χ1v) is 7.51. The van der Waals surface area contributed by atoms with Crippen molar-refractivity contribution in [1.29, 1.82) is 0 Å². The van der Waals surface area contributed by atoms with E-state index in [1.54, 1.807) is 0 Å².